The van der Waals surface area contributed by atoms with Crippen molar-refractivity contribution in [2.45, 2.75) is 4.90 Å². The van der Waals surface area contributed by atoms with Gasteiger partial charge in [0.15, 0.2) is 0 Å². The van der Waals surface area contributed by atoms with Crippen molar-refractivity contribution in [3.8, 4) is 0 Å². The van der Waals surface area contributed by atoms with Gasteiger partial charge in [0.2, 0.25) is 0 Å². The number of aromatic nitrogens is 3. The summed E-state index contributed by atoms with van der Waals surface area (Å²) in [7, 11) is 0. The average molecular weight is 217 g/mol. The van der Waals surface area contributed by atoms with E-state index >= 15 is 0 Å². The summed E-state index contributed by atoms with van der Waals surface area (Å²) in [5.74, 6) is -1.30. The van der Waals surface area contributed by atoms with Crippen molar-refractivity contribution in [3.63, 3.8) is 0 Å². The molecule has 1 aromatic heterocycles. The van der Waals surface area contributed by atoms with E-state index in [0.29, 0.717) is 10.4 Å². The minimum atomic E-state index is -1.30. The molecule has 0 amide bonds. The summed E-state index contributed by atoms with van der Waals surface area (Å²) in [6.07, 6.45) is 0. The molecule has 1 aromatic carbocycles. The molecule has 0 spiro atoms. The third-order valence-corrected chi connectivity index (χ3v) is 2.04. The maximum absolute atomic E-state index is 10.7. The van der Waals surface area contributed by atoms with Gasteiger partial charge in [0.1, 0.15) is 11.0 Å². The first-order valence-electron chi connectivity index (χ1n) is 3.44. The molecular formula is C7H4N3NaO2S. The van der Waals surface area contributed by atoms with Crippen LogP contribution in [-0.4, -0.2) is 21.4 Å². The van der Waals surface area contributed by atoms with Gasteiger partial charge >= 0.3 is 29.6 Å². The summed E-state index contributed by atoms with van der Waals surface area (Å²) in [6.45, 7) is 0. The fourth-order valence-corrected chi connectivity index (χ4v) is 1.37. The van der Waals surface area contributed by atoms with Crippen LogP contribution in [0.4, 0.5) is 0 Å². The number of carboxylic acid groups (broad SMARTS) is 1. The van der Waals surface area contributed by atoms with E-state index in [2.05, 4.69) is 28.0 Å². The number of carbonyl (C=O) groups is 1. The molecule has 0 atom stereocenters. The number of thiol groups is 1. The number of carbonyl (C=O) groups excluding carboxylic acids is 1. The normalized spacial score (nSPS) is 9.79. The van der Waals surface area contributed by atoms with Crippen LogP contribution < -0.4 is 34.7 Å². The minimum Gasteiger partial charge on any atom is -0.545 e. The Morgan fingerprint density at radius 1 is 1.43 bits per heavy atom. The van der Waals surface area contributed by atoms with Crippen molar-refractivity contribution in [2.75, 3.05) is 0 Å². The molecule has 0 saturated heterocycles. The maximum Gasteiger partial charge on any atom is 1.00 e. The number of hydrogen-bond donors (Lipinski definition) is 2. The summed E-state index contributed by atoms with van der Waals surface area (Å²) < 4.78 is 0. The Kier molecular flexibility index (Phi) is 3.54. The van der Waals surface area contributed by atoms with E-state index in [1.807, 2.05) is 0 Å². The summed E-state index contributed by atoms with van der Waals surface area (Å²) in [4.78, 5) is 11.0. The van der Waals surface area contributed by atoms with Crippen LogP contribution in [0.25, 0.3) is 11.0 Å². The Hall–Kier alpha value is -0.560. The van der Waals surface area contributed by atoms with Gasteiger partial charge in [-0.3, -0.25) is 0 Å². The van der Waals surface area contributed by atoms with E-state index in [4.69, 9.17) is 0 Å². The van der Waals surface area contributed by atoms with Gasteiger partial charge in [0, 0.05) is 10.5 Å². The molecule has 1 N–H and O–H groups in total. The quantitative estimate of drug-likeness (QED) is 0.385. The summed E-state index contributed by atoms with van der Waals surface area (Å²) in [5, 5.41) is 20.5. The zero-order chi connectivity index (χ0) is 9.42. The molecule has 0 aliphatic heterocycles. The molecule has 66 valence electrons. The topological polar surface area (TPSA) is 81.7 Å². The van der Waals surface area contributed by atoms with Crippen molar-refractivity contribution in [1.29, 1.82) is 0 Å². The third-order valence-electron chi connectivity index (χ3n) is 1.67. The number of H-pyrrole nitrogens is 1. The predicted octanol–water partition coefficient (Wildman–Crippen LogP) is -3.39. The first kappa shape index (κ1) is 11.5. The Morgan fingerprint density at radius 3 is 2.79 bits per heavy atom. The van der Waals surface area contributed by atoms with E-state index in [0.717, 1.165) is 0 Å². The first-order valence-corrected chi connectivity index (χ1v) is 3.88. The van der Waals surface area contributed by atoms with Crippen LogP contribution in [0, 0.1) is 0 Å². The molecule has 5 nitrogen and oxygen atoms in total. The van der Waals surface area contributed by atoms with Crippen LogP contribution in [0.1, 0.15) is 10.4 Å². The largest absolute Gasteiger partial charge is 1.00 e. The van der Waals surface area contributed by atoms with Crippen molar-refractivity contribution in [2.24, 2.45) is 0 Å². The van der Waals surface area contributed by atoms with E-state index in [-0.39, 0.29) is 40.6 Å². The smallest absolute Gasteiger partial charge is 0.545 e. The Bertz CT molecular complexity index is 485. The molecule has 0 bridgehead atoms. The second kappa shape index (κ2) is 4.31. The number of carboxylic acids is 1. The second-order valence-electron chi connectivity index (χ2n) is 2.44. The van der Waals surface area contributed by atoms with Crippen molar-refractivity contribution in [1.82, 2.24) is 15.4 Å². The van der Waals surface area contributed by atoms with Crippen LogP contribution in [0.5, 0.6) is 0 Å². The second-order valence-corrected chi connectivity index (χ2v) is 2.92. The predicted molar refractivity (Wildman–Crippen MR) is 45.5 cm³/mol. The molecule has 7 heteroatoms. The van der Waals surface area contributed by atoms with E-state index in [9.17, 15) is 9.90 Å². The van der Waals surface area contributed by atoms with Gasteiger partial charge in [-0.05, 0) is 12.1 Å². The van der Waals surface area contributed by atoms with Gasteiger partial charge in [-0.1, -0.05) is 0 Å². The van der Waals surface area contributed by atoms with Gasteiger partial charge in [-0.2, -0.15) is 15.4 Å². The number of hydrogen-bond acceptors (Lipinski definition) is 5. The number of aromatic carboxylic acids is 1. The zero-order valence-electron chi connectivity index (χ0n) is 7.31. The Labute approximate surface area is 107 Å². The number of nitrogens with one attached hydrogen (secondary N) is 1. The molecule has 2 aromatic rings. The molecule has 0 radical (unpaired) electrons. The summed E-state index contributed by atoms with van der Waals surface area (Å²) in [5.41, 5.74) is 0.721. The number of fused-ring (bicyclic) bond motifs is 1. The van der Waals surface area contributed by atoms with Crippen molar-refractivity contribution < 1.29 is 39.5 Å². The number of nitrogens with zero attached hydrogens (tertiary/aromatic N) is 2. The molecule has 0 fully saturated rings. The van der Waals surface area contributed by atoms with Crippen LogP contribution in [-0.2, 0) is 0 Å². The maximum atomic E-state index is 10.7. The number of rotatable bonds is 1. The molecule has 14 heavy (non-hydrogen) atoms. The third kappa shape index (κ3) is 1.78. The standard InChI is InChI=1S/C7H5N3O2S.Na/c11-7(12)5-4(13)2-1-3-6(5)9-10-8-3;/h1-2,13H,(H,11,12)(H,8,9,10);/q;+1/p-1. The molecule has 0 aliphatic rings. The molecule has 2 rings (SSSR count). The fraction of sp³-hybridized carbons (Fsp3) is 0. The van der Waals surface area contributed by atoms with E-state index in [1.54, 1.807) is 12.1 Å². The SMILES string of the molecule is O=C([O-])c1c(S)ccc2n[nH]nc12.[Na+]. The van der Waals surface area contributed by atoms with Crippen LogP contribution >= 0.6 is 12.6 Å². The van der Waals surface area contributed by atoms with Crippen LogP contribution in [0.15, 0.2) is 17.0 Å². The molecular weight excluding hydrogens is 213 g/mol. The van der Waals surface area contributed by atoms with Crippen molar-refractivity contribution in [3.05, 3.63) is 17.7 Å². The van der Waals surface area contributed by atoms with E-state index < -0.39 is 5.97 Å². The number of benzene rings is 1. The van der Waals surface area contributed by atoms with Crippen LogP contribution in [0.2, 0.25) is 0 Å². The van der Waals surface area contributed by atoms with Crippen molar-refractivity contribution >= 4 is 29.6 Å². The monoisotopic (exact) mass is 217 g/mol. The van der Waals surface area contributed by atoms with Gasteiger partial charge in [-0.25, -0.2) is 0 Å². The fourth-order valence-electron chi connectivity index (χ4n) is 1.10. The Balaban J connectivity index is 0.000000980. The zero-order valence-corrected chi connectivity index (χ0v) is 10.2. The van der Waals surface area contributed by atoms with Gasteiger partial charge in [0.25, 0.3) is 0 Å². The minimum absolute atomic E-state index is 0. The van der Waals surface area contributed by atoms with Crippen LogP contribution in [0.3, 0.4) is 0 Å². The molecule has 0 unspecified atom stereocenters. The Morgan fingerprint density at radius 2 is 2.14 bits per heavy atom. The molecule has 0 aliphatic carbocycles. The summed E-state index contributed by atoms with van der Waals surface area (Å²) >= 11 is 3.99. The molecule has 1 heterocycles. The van der Waals surface area contributed by atoms with Gasteiger partial charge in [-0.15, -0.1) is 12.6 Å². The van der Waals surface area contributed by atoms with Gasteiger partial charge < -0.3 is 9.90 Å². The number of aromatic amines is 1. The summed E-state index contributed by atoms with van der Waals surface area (Å²) in [6, 6.07) is 3.17. The average Bonchev–Trinajstić information content (AvgIpc) is 2.50. The molecule has 0 saturated carbocycles. The van der Waals surface area contributed by atoms with Gasteiger partial charge in [0.05, 0.1) is 5.97 Å². The van der Waals surface area contributed by atoms with E-state index in [1.165, 1.54) is 0 Å². The first-order chi connectivity index (χ1) is 6.20.